The number of methoxy groups -OCH3 is 3. The minimum Gasteiger partial charge on any atom is -0.497 e. The van der Waals surface area contributed by atoms with Crippen molar-refractivity contribution in [1.29, 1.82) is 0 Å². The van der Waals surface area contributed by atoms with Crippen LogP contribution in [-0.4, -0.2) is 21.3 Å². The van der Waals surface area contributed by atoms with Gasteiger partial charge in [-0.1, -0.05) is 30.3 Å². The maximum atomic E-state index is 6.39. The van der Waals surface area contributed by atoms with Crippen LogP contribution < -0.4 is 18.9 Å². The van der Waals surface area contributed by atoms with Gasteiger partial charge in [0, 0.05) is 11.6 Å². The van der Waals surface area contributed by atoms with Crippen molar-refractivity contribution in [1.82, 2.24) is 0 Å². The standard InChI is InChI=1S/C23H22O4/c1-24-17-9-7-15(8-10-17)22-20-12-11-19(26-3)14-21(20)27-23(22)16-5-4-6-18(13-16)25-2/h4-14,22-23H,1-3H3. The minimum absolute atomic E-state index is 0.0731. The van der Waals surface area contributed by atoms with Crippen molar-refractivity contribution in [3.8, 4) is 23.0 Å². The molecule has 3 aromatic rings. The highest BCUT2D eigenvalue weighted by Crippen LogP contribution is 2.50. The lowest BCUT2D eigenvalue weighted by Gasteiger charge is -2.21. The molecule has 0 bridgehead atoms. The molecule has 0 saturated carbocycles. The molecule has 0 radical (unpaired) electrons. The summed E-state index contributed by atoms with van der Waals surface area (Å²) in [6, 6.07) is 22.2. The molecule has 2 unspecified atom stereocenters. The third-order valence-corrected chi connectivity index (χ3v) is 5.01. The molecule has 0 saturated heterocycles. The van der Waals surface area contributed by atoms with Crippen molar-refractivity contribution in [2.24, 2.45) is 0 Å². The Labute approximate surface area is 159 Å². The zero-order valence-electron chi connectivity index (χ0n) is 15.6. The Morgan fingerprint density at radius 1 is 0.667 bits per heavy atom. The minimum atomic E-state index is -0.143. The third kappa shape index (κ3) is 3.19. The van der Waals surface area contributed by atoms with Gasteiger partial charge in [0.1, 0.15) is 29.1 Å². The quantitative estimate of drug-likeness (QED) is 0.642. The molecule has 1 heterocycles. The second-order valence-electron chi connectivity index (χ2n) is 6.47. The molecular weight excluding hydrogens is 340 g/mol. The molecule has 0 fully saturated rings. The van der Waals surface area contributed by atoms with E-state index >= 15 is 0 Å². The molecule has 4 heteroatoms. The van der Waals surface area contributed by atoms with Crippen molar-refractivity contribution in [2.75, 3.05) is 21.3 Å². The molecule has 1 aliphatic rings. The number of benzene rings is 3. The Morgan fingerprint density at radius 2 is 1.33 bits per heavy atom. The molecule has 138 valence electrons. The van der Waals surface area contributed by atoms with E-state index in [0.717, 1.165) is 34.1 Å². The monoisotopic (exact) mass is 362 g/mol. The summed E-state index contributed by atoms with van der Waals surface area (Å²) in [5, 5.41) is 0. The van der Waals surface area contributed by atoms with Crippen LogP contribution in [0.25, 0.3) is 0 Å². The van der Waals surface area contributed by atoms with Crippen molar-refractivity contribution in [3.05, 3.63) is 83.4 Å². The molecule has 0 spiro atoms. The molecule has 0 amide bonds. The van der Waals surface area contributed by atoms with Gasteiger partial charge in [0.2, 0.25) is 0 Å². The van der Waals surface area contributed by atoms with Gasteiger partial charge in [0.15, 0.2) is 0 Å². The maximum Gasteiger partial charge on any atom is 0.135 e. The number of rotatable bonds is 5. The molecule has 2 atom stereocenters. The number of hydrogen-bond donors (Lipinski definition) is 0. The maximum absolute atomic E-state index is 6.39. The van der Waals surface area contributed by atoms with Crippen LogP contribution in [0.3, 0.4) is 0 Å². The first-order valence-electron chi connectivity index (χ1n) is 8.86. The van der Waals surface area contributed by atoms with Crippen LogP contribution in [0.15, 0.2) is 66.7 Å². The van der Waals surface area contributed by atoms with E-state index < -0.39 is 0 Å². The van der Waals surface area contributed by atoms with E-state index in [1.54, 1.807) is 21.3 Å². The summed E-state index contributed by atoms with van der Waals surface area (Å²) in [6.07, 6.45) is -0.143. The SMILES string of the molecule is COc1ccc(C2c3ccc(OC)cc3OC2c2cccc(OC)c2)cc1. The first-order valence-corrected chi connectivity index (χ1v) is 8.86. The lowest BCUT2D eigenvalue weighted by atomic mass is 9.85. The largest absolute Gasteiger partial charge is 0.497 e. The van der Waals surface area contributed by atoms with E-state index in [1.807, 2.05) is 42.5 Å². The topological polar surface area (TPSA) is 36.9 Å². The fourth-order valence-electron chi connectivity index (χ4n) is 3.61. The summed E-state index contributed by atoms with van der Waals surface area (Å²) in [5.74, 6) is 3.36. The van der Waals surface area contributed by atoms with Crippen LogP contribution >= 0.6 is 0 Å². The van der Waals surface area contributed by atoms with Gasteiger partial charge in [-0.2, -0.15) is 0 Å². The second-order valence-corrected chi connectivity index (χ2v) is 6.47. The Balaban J connectivity index is 1.80. The van der Waals surface area contributed by atoms with E-state index in [0.29, 0.717) is 0 Å². The van der Waals surface area contributed by atoms with Crippen LogP contribution in [0.5, 0.6) is 23.0 Å². The number of ether oxygens (including phenoxy) is 4. The molecule has 27 heavy (non-hydrogen) atoms. The fraction of sp³-hybridized carbons (Fsp3) is 0.217. The highest BCUT2D eigenvalue weighted by atomic mass is 16.5. The van der Waals surface area contributed by atoms with Crippen molar-refractivity contribution in [3.63, 3.8) is 0 Å². The second kappa shape index (κ2) is 7.23. The lowest BCUT2D eigenvalue weighted by molar-refractivity contribution is 0.221. The molecule has 0 N–H and O–H groups in total. The lowest BCUT2D eigenvalue weighted by Crippen LogP contribution is -2.11. The molecule has 1 aliphatic heterocycles. The Hall–Kier alpha value is -3.14. The van der Waals surface area contributed by atoms with E-state index in [2.05, 4.69) is 24.3 Å². The molecule has 0 aromatic heterocycles. The average Bonchev–Trinajstić information content (AvgIpc) is 3.12. The summed E-state index contributed by atoms with van der Waals surface area (Å²) < 4.78 is 22.5. The smallest absolute Gasteiger partial charge is 0.135 e. The van der Waals surface area contributed by atoms with Gasteiger partial charge in [0.05, 0.1) is 27.2 Å². The Morgan fingerprint density at radius 3 is 2.04 bits per heavy atom. The van der Waals surface area contributed by atoms with Gasteiger partial charge >= 0.3 is 0 Å². The molecule has 0 aliphatic carbocycles. The van der Waals surface area contributed by atoms with Gasteiger partial charge < -0.3 is 18.9 Å². The van der Waals surface area contributed by atoms with Crippen LogP contribution in [0.1, 0.15) is 28.7 Å². The van der Waals surface area contributed by atoms with Crippen LogP contribution in [0.4, 0.5) is 0 Å². The van der Waals surface area contributed by atoms with E-state index in [-0.39, 0.29) is 12.0 Å². The molecule has 3 aromatic carbocycles. The Kier molecular flexibility index (Phi) is 4.63. The zero-order chi connectivity index (χ0) is 18.8. The van der Waals surface area contributed by atoms with Gasteiger partial charge in [0.25, 0.3) is 0 Å². The fourth-order valence-corrected chi connectivity index (χ4v) is 3.61. The highest BCUT2D eigenvalue weighted by Gasteiger charge is 2.37. The van der Waals surface area contributed by atoms with Crippen molar-refractivity contribution < 1.29 is 18.9 Å². The first-order chi connectivity index (χ1) is 13.2. The van der Waals surface area contributed by atoms with Gasteiger partial charge in [-0.05, 0) is 41.5 Å². The summed E-state index contributed by atoms with van der Waals surface area (Å²) in [7, 11) is 5.01. The number of fused-ring (bicyclic) bond motifs is 1. The average molecular weight is 362 g/mol. The first kappa shape index (κ1) is 17.3. The summed E-state index contributed by atoms with van der Waals surface area (Å²) >= 11 is 0. The highest BCUT2D eigenvalue weighted by molar-refractivity contribution is 5.53. The Bertz CT molecular complexity index is 933. The van der Waals surface area contributed by atoms with E-state index in [1.165, 1.54) is 5.56 Å². The zero-order valence-corrected chi connectivity index (χ0v) is 15.6. The predicted molar refractivity (Wildman–Crippen MR) is 104 cm³/mol. The summed E-state index contributed by atoms with van der Waals surface area (Å²) in [6.45, 7) is 0. The van der Waals surface area contributed by atoms with Crippen LogP contribution in [0, 0.1) is 0 Å². The molecule has 4 rings (SSSR count). The van der Waals surface area contributed by atoms with E-state index in [4.69, 9.17) is 18.9 Å². The normalized spacial score (nSPS) is 17.7. The summed E-state index contributed by atoms with van der Waals surface area (Å²) in [5.41, 5.74) is 3.40. The molecular formula is C23H22O4. The summed E-state index contributed by atoms with van der Waals surface area (Å²) in [4.78, 5) is 0. The van der Waals surface area contributed by atoms with Crippen LogP contribution in [0.2, 0.25) is 0 Å². The van der Waals surface area contributed by atoms with Gasteiger partial charge in [-0.15, -0.1) is 0 Å². The van der Waals surface area contributed by atoms with Crippen molar-refractivity contribution in [2.45, 2.75) is 12.0 Å². The molecule has 4 nitrogen and oxygen atoms in total. The van der Waals surface area contributed by atoms with Gasteiger partial charge in [-0.3, -0.25) is 0 Å². The van der Waals surface area contributed by atoms with Crippen LogP contribution in [-0.2, 0) is 0 Å². The van der Waals surface area contributed by atoms with E-state index in [9.17, 15) is 0 Å². The number of hydrogen-bond acceptors (Lipinski definition) is 4. The third-order valence-electron chi connectivity index (χ3n) is 5.01. The van der Waals surface area contributed by atoms with Crippen molar-refractivity contribution >= 4 is 0 Å². The predicted octanol–water partition coefficient (Wildman–Crippen LogP) is 4.98. The van der Waals surface area contributed by atoms with Gasteiger partial charge in [-0.25, -0.2) is 0 Å².